The summed E-state index contributed by atoms with van der Waals surface area (Å²) in [5.74, 6) is 0.780. The Morgan fingerprint density at radius 3 is 2.62 bits per heavy atom. The summed E-state index contributed by atoms with van der Waals surface area (Å²) in [6.45, 7) is 3.96. The van der Waals surface area contributed by atoms with E-state index in [0.717, 1.165) is 5.56 Å². The Bertz CT molecular complexity index is 571. The molecule has 0 bridgehead atoms. The summed E-state index contributed by atoms with van der Waals surface area (Å²) in [6.07, 6.45) is 0. The topological polar surface area (TPSA) is 94.0 Å². The molecule has 3 N–H and O–H groups in total. The van der Waals surface area contributed by atoms with Crippen LogP contribution in [0, 0.1) is 0 Å². The van der Waals surface area contributed by atoms with Gasteiger partial charge < -0.3 is 15.6 Å². The number of hydrogen-bond donors (Lipinski definition) is 2. The summed E-state index contributed by atoms with van der Waals surface area (Å²) < 4.78 is 5.23. The van der Waals surface area contributed by atoms with Gasteiger partial charge in [0.2, 0.25) is 17.6 Å². The van der Waals surface area contributed by atoms with Crippen molar-refractivity contribution in [3.8, 4) is 11.4 Å². The van der Waals surface area contributed by atoms with Crippen molar-refractivity contribution in [2.45, 2.75) is 25.8 Å². The molecule has 0 saturated heterocycles. The predicted octanol–water partition coefficient (Wildman–Crippen LogP) is 1.73. The number of carbonyl (C=O) groups excluding carboxylic acids is 1. The van der Waals surface area contributed by atoms with Gasteiger partial charge in [-0.15, -0.1) is 12.4 Å². The molecule has 1 amide bonds. The Kier molecular flexibility index (Phi) is 6.33. The molecule has 0 radical (unpaired) electrons. The fraction of sp³-hybridized carbons (Fsp3) is 0.357. The fourth-order valence-corrected chi connectivity index (χ4v) is 1.64. The van der Waals surface area contributed by atoms with Gasteiger partial charge in [-0.2, -0.15) is 4.98 Å². The summed E-state index contributed by atoms with van der Waals surface area (Å²) in [4.78, 5) is 15.7. The van der Waals surface area contributed by atoms with E-state index in [-0.39, 0.29) is 24.2 Å². The van der Waals surface area contributed by atoms with Crippen LogP contribution in [0.3, 0.4) is 0 Å². The van der Waals surface area contributed by atoms with Crippen LogP contribution in [0.25, 0.3) is 11.4 Å². The van der Waals surface area contributed by atoms with E-state index in [2.05, 4.69) is 15.5 Å². The van der Waals surface area contributed by atoms with E-state index in [0.29, 0.717) is 18.3 Å². The molecule has 0 spiro atoms. The molecule has 0 aliphatic heterocycles. The van der Waals surface area contributed by atoms with Crippen molar-refractivity contribution in [3.05, 3.63) is 36.2 Å². The Morgan fingerprint density at radius 1 is 1.33 bits per heavy atom. The molecule has 0 aliphatic rings. The van der Waals surface area contributed by atoms with Gasteiger partial charge in [0.05, 0.1) is 12.0 Å². The van der Waals surface area contributed by atoms with Gasteiger partial charge in [-0.3, -0.25) is 4.79 Å². The second kappa shape index (κ2) is 7.75. The van der Waals surface area contributed by atoms with E-state index in [1.165, 1.54) is 0 Å². The molecule has 0 saturated carbocycles. The van der Waals surface area contributed by atoms with Crippen LogP contribution in [0.2, 0.25) is 0 Å². The zero-order valence-corrected chi connectivity index (χ0v) is 12.8. The maximum Gasteiger partial charge on any atom is 0.236 e. The smallest absolute Gasteiger partial charge is 0.236 e. The Labute approximate surface area is 129 Å². The molecule has 1 aromatic heterocycles. The lowest BCUT2D eigenvalue weighted by molar-refractivity contribution is -0.122. The van der Waals surface area contributed by atoms with Gasteiger partial charge in [-0.1, -0.05) is 42.4 Å². The van der Waals surface area contributed by atoms with Crippen molar-refractivity contribution in [2.75, 3.05) is 6.54 Å². The van der Waals surface area contributed by atoms with Gasteiger partial charge >= 0.3 is 0 Å². The number of carbonyl (C=O) groups is 1. The maximum atomic E-state index is 11.4. The van der Waals surface area contributed by atoms with Crippen molar-refractivity contribution >= 4 is 18.3 Å². The lowest BCUT2D eigenvalue weighted by Crippen LogP contribution is -2.39. The maximum absolute atomic E-state index is 11.4. The van der Waals surface area contributed by atoms with Gasteiger partial charge in [0.25, 0.3) is 0 Å². The third kappa shape index (κ3) is 4.54. The minimum absolute atomic E-state index is 0. The largest absolute Gasteiger partial charge is 0.354 e. The lowest BCUT2D eigenvalue weighted by atomic mass is 10.1. The Hall–Kier alpha value is -1.92. The van der Waals surface area contributed by atoms with Crippen molar-refractivity contribution in [1.29, 1.82) is 0 Å². The van der Waals surface area contributed by atoms with Crippen LogP contribution in [0.4, 0.5) is 0 Å². The number of nitrogens with two attached hydrogens (primary N) is 1. The molecular formula is C14H19ClN4O2. The lowest BCUT2D eigenvalue weighted by Gasteiger charge is -2.10. The van der Waals surface area contributed by atoms with Crippen LogP contribution in [0.15, 0.2) is 34.9 Å². The van der Waals surface area contributed by atoms with Crippen LogP contribution in [0.5, 0.6) is 0 Å². The summed E-state index contributed by atoms with van der Waals surface area (Å²) in [5, 5.41) is 6.68. The highest BCUT2D eigenvalue weighted by Gasteiger charge is 2.16. The number of benzene rings is 1. The minimum atomic E-state index is -0.523. The number of nitrogens with zero attached hydrogens (tertiary/aromatic N) is 2. The highest BCUT2D eigenvalue weighted by atomic mass is 35.5. The number of halogens is 1. The van der Waals surface area contributed by atoms with E-state index in [4.69, 9.17) is 10.3 Å². The van der Waals surface area contributed by atoms with Crippen molar-refractivity contribution in [1.82, 2.24) is 15.5 Å². The third-order valence-corrected chi connectivity index (χ3v) is 2.89. The Balaban J connectivity index is 0.00000220. The van der Waals surface area contributed by atoms with Crippen LogP contribution >= 0.6 is 12.4 Å². The van der Waals surface area contributed by atoms with Crippen LogP contribution in [-0.4, -0.2) is 28.6 Å². The van der Waals surface area contributed by atoms with Crippen molar-refractivity contribution < 1.29 is 9.32 Å². The average molecular weight is 311 g/mol. The number of aromatic nitrogens is 2. The molecule has 21 heavy (non-hydrogen) atoms. The summed E-state index contributed by atoms with van der Waals surface area (Å²) >= 11 is 0. The molecule has 1 heterocycles. The Morgan fingerprint density at radius 2 is 2.00 bits per heavy atom. The standard InChI is InChI=1S/C14H18N4O2.ClH/c1-9(8-16-13(19)10(2)15)14-17-12(18-20-14)11-6-4-3-5-7-11;/h3-7,9-10H,8,15H2,1-2H3,(H,16,19);1H/t9?,10-;/m1./s1. The first-order valence-electron chi connectivity index (χ1n) is 6.50. The number of amides is 1. The fourth-order valence-electron chi connectivity index (χ4n) is 1.64. The summed E-state index contributed by atoms with van der Waals surface area (Å²) in [6, 6.07) is 9.06. The zero-order valence-electron chi connectivity index (χ0n) is 11.9. The van der Waals surface area contributed by atoms with Crippen molar-refractivity contribution in [3.63, 3.8) is 0 Å². The number of hydrogen-bond acceptors (Lipinski definition) is 5. The van der Waals surface area contributed by atoms with Gasteiger partial charge in [-0.25, -0.2) is 0 Å². The van der Waals surface area contributed by atoms with E-state index in [9.17, 15) is 4.79 Å². The van der Waals surface area contributed by atoms with Gasteiger partial charge in [-0.05, 0) is 6.92 Å². The van der Waals surface area contributed by atoms with Gasteiger partial charge in [0.1, 0.15) is 0 Å². The minimum Gasteiger partial charge on any atom is -0.354 e. The second-order valence-electron chi connectivity index (χ2n) is 4.76. The van der Waals surface area contributed by atoms with E-state index in [1.54, 1.807) is 6.92 Å². The SMILES string of the molecule is CC(CNC(=O)[C@@H](C)N)c1nc(-c2ccccc2)no1.Cl. The highest BCUT2D eigenvalue weighted by Crippen LogP contribution is 2.18. The second-order valence-corrected chi connectivity index (χ2v) is 4.76. The molecule has 2 atom stereocenters. The van der Waals surface area contributed by atoms with Crippen LogP contribution in [0.1, 0.15) is 25.7 Å². The number of nitrogens with one attached hydrogen (secondary N) is 1. The molecule has 7 heteroatoms. The highest BCUT2D eigenvalue weighted by molar-refractivity contribution is 5.85. The van der Waals surface area contributed by atoms with Gasteiger partial charge in [0, 0.05) is 12.1 Å². The van der Waals surface area contributed by atoms with E-state index < -0.39 is 6.04 Å². The molecule has 6 nitrogen and oxygen atoms in total. The normalized spacial score (nSPS) is 13.1. The quantitative estimate of drug-likeness (QED) is 0.877. The summed E-state index contributed by atoms with van der Waals surface area (Å²) in [7, 11) is 0. The van der Waals surface area contributed by atoms with E-state index >= 15 is 0 Å². The molecule has 2 rings (SSSR count). The number of rotatable bonds is 5. The summed E-state index contributed by atoms with van der Waals surface area (Å²) in [5.41, 5.74) is 6.38. The molecule has 0 aliphatic carbocycles. The molecule has 1 aromatic carbocycles. The van der Waals surface area contributed by atoms with Crippen molar-refractivity contribution in [2.24, 2.45) is 5.73 Å². The van der Waals surface area contributed by atoms with Crippen LogP contribution in [-0.2, 0) is 4.79 Å². The first-order chi connectivity index (χ1) is 9.58. The monoisotopic (exact) mass is 310 g/mol. The molecular weight excluding hydrogens is 292 g/mol. The first kappa shape index (κ1) is 17.1. The average Bonchev–Trinajstić information content (AvgIpc) is 2.95. The van der Waals surface area contributed by atoms with E-state index in [1.807, 2.05) is 37.3 Å². The van der Waals surface area contributed by atoms with Gasteiger partial charge in [0.15, 0.2) is 0 Å². The first-order valence-corrected chi connectivity index (χ1v) is 6.50. The molecule has 2 aromatic rings. The zero-order chi connectivity index (χ0) is 14.5. The molecule has 1 unspecified atom stereocenters. The third-order valence-electron chi connectivity index (χ3n) is 2.89. The van der Waals surface area contributed by atoms with Crippen LogP contribution < -0.4 is 11.1 Å². The molecule has 114 valence electrons. The predicted molar refractivity (Wildman–Crippen MR) is 82.1 cm³/mol. The molecule has 0 fully saturated rings.